The first-order chi connectivity index (χ1) is 15.9. The molecule has 0 radical (unpaired) electrons. The number of benzene rings is 2. The summed E-state index contributed by atoms with van der Waals surface area (Å²) in [5, 5.41) is 3.00. The second-order valence-electron chi connectivity index (χ2n) is 9.29. The van der Waals surface area contributed by atoms with Crippen LogP contribution >= 0.6 is 0 Å². The third-order valence-electron chi connectivity index (χ3n) is 7.12. The molecule has 1 heterocycles. The summed E-state index contributed by atoms with van der Waals surface area (Å²) >= 11 is 0. The highest BCUT2D eigenvalue weighted by Crippen LogP contribution is 2.43. The first-order valence-electron chi connectivity index (χ1n) is 11.8. The Morgan fingerprint density at radius 3 is 2.39 bits per heavy atom. The van der Waals surface area contributed by atoms with Gasteiger partial charge >= 0.3 is 0 Å². The SMILES string of the molecule is COc1ccc(C2(CC(=O)NCC(C)c3ccccc3)CC(=O)N(C3CCCC3)C2=O)cc1. The summed E-state index contributed by atoms with van der Waals surface area (Å²) in [5.41, 5.74) is 0.655. The highest BCUT2D eigenvalue weighted by molar-refractivity contribution is 6.11. The molecule has 2 aromatic rings. The van der Waals surface area contributed by atoms with Gasteiger partial charge in [0, 0.05) is 25.4 Å². The molecule has 174 valence electrons. The van der Waals surface area contributed by atoms with Gasteiger partial charge in [0.2, 0.25) is 17.7 Å². The van der Waals surface area contributed by atoms with E-state index in [0.29, 0.717) is 17.9 Å². The van der Waals surface area contributed by atoms with Gasteiger partial charge in [0.05, 0.1) is 12.5 Å². The number of nitrogens with zero attached hydrogens (tertiary/aromatic N) is 1. The van der Waals surface area contributed by atoms with Gasteiger partial charge in [0.15, 0.2) is 0 Å². The number of hydrogen-bond donors (Lipinski definition) is 1. The number of amides is 3. The van der Waals surface area contributed by atoms with Gasteiger partial charge in [-0.1, -0.05) is 62.2 Å². The molecule has 1 saturated carbocycles. The van der Waals surface area contributed by atoms with Crippen molar-refractivity contribution in [3.05, 3.63) is 65.7 Å². The van der Waals surface area contributed by atoms with Gasteiger partial charge < -0.3 is 10.1 Å². The van der Waals surface area contributed by atoms with Gasteiger partial charge in [-0.2, -0.15) is 0 Å². The summed E-state index contributed by atoms with van der Waals surface area (Å²) in [6, 6.07) is 17.1. The molecule has 0 bridgehead atoms. The Labute approximate surface area is 195 Å². The van der Waals surface area contributed by atoms with Gasteiger partial charge in [0.1, 0.15) is 5.75 Å². The third-order valence-corrected chi connectivity index (χ3v) is 7.12. The Balaban J connectivity index is 1.56. The number of rotatable bonds is 8. The number of carbonyl (C=O) groups excluding carboxylic acids is 3. The average Bonchev–Trinajstić information content (AvgIpc) is 3.44. The number of methoxy groups -OCH3 is 1. The Kier molecular flexibility index (Phi) is 6.82. The van der Waals surface area contributed by atoms with Crippen LogP contribution in [0.1, 0.15) is 62.5 Å². The minimum Gasteiger partial charge on any atom is -0.497 e. The van der Waals surface area contributed by atoms with Crippen molar-refractivity contribution < 1.29 is 19.1 Å². The molecule has 6 heteroatoms. The Bertz CT molecular complexity index is 999. The normalized spacial score (nSPS) is 21.9. The van der Waals surface area contributed by atoms with Gasteiger partial charge in [-0.15, -0.1) is 0 Å². The minimum absolute atomic E-state index is 0.0241. The van der Waals surface area contributed by atoms with E-state index in [-0.39, 0.29) is 42.5 Å². The van der Waals surface area contributed by atoms with Crippen LogP contribution in [0.5, 0.6) is 5.75 Å². The van der Waals surface area contributed by atoms with Gasteiger partial charge in [-0.05, 0) is 42.0 Å². The van der Waals surface area contributed by atoms with E-state index in [1.54, 1.807) is 19.2 Å². The lowest BCUT2D eigenvalue weighted by atomic mass is 9.75. The molecule has 2 atom stereocenters. The third kappa shape index (κ3) is 4.65. The molecule has 2 aliphatic rings. The molecule has 1 saturated heterocycles. The van der Waals surface area contributed by atoms with Crippen LogP contribution in [0.25, 0.3) is 0 Å². The fourth-order valence-electron chi connectivity index (χ4n) is 5.17. The number of nitrogens with one attached hydrogen (secondary N) is 1. The van der Waals surface area contributed by atoms with E-state index >= 15 is 0 Å². The van der Waals surface area contributed by atoms with Crippen LogP contribution in [-0.2, 0) is 19.8 Å². The van der Waals surface area contributed by atoms with Crippen LogP contribution in [-0.4, -0.2) is 42.3 Å². The average molecular weight is 449 g/mol. The Hall–Kier alpha value is -3.15. The molecule has 2 aromatic carbocycles. The standard InChI is InChI=1S/C27H32N2O4/c1-19(20-8-4-3-5-9-20)18-28-24(30)16-27(21-12-14-23(33-2)15-13-21)17-25(31)29(26(27)32)22-10-6-7-11-22/h3-5,8-9,12-15,19,22H,6-7,10-11,16-18H2,1-2H3,(H,28,30). The summed E-state index contributed by atoms with van der Waals surface area (Å²) in [6.07, 6.45) is 3.71. The maximum absolute atomic E-state index is 13.8. The van der Waals surface area contributed by atoms with E-state index in [2.05, 4.69) is 12.2 Å². The molecule has 6 nitrogen and oxygen atoms in total. The molecule has 3 amide bonds. The first kappa shape index (κ1) is 23.0. The molecule has 1 N–H and O–H groups in total. The lowest BCUT2D eigenvalue weighted by molar-refractivity contribution is -0.143. The van der Waals surface area contributed by atoms with Crippen molar-refractivity contribution in [1.29, 1.82) is 0 Å². The molecule has 2 unspecified atom stereocenters. The van der Waals surface area contributed by atoms with Gasteiger partial charge in [-0.25, -0.2) is 0 Å². The molecule has 2 fully saturated rings. The minimum atomic E-state index is -1.17. The largest absolute Gasteiger partial charge is 0.497 e. The van der Waals surface area contributed by atoms with Crippen LogP contribution in [0, 0.1) is 0 Å². The fourth-order valence-corrected chi connectivity index (χ4v) is 5.17. The number of imide groups is 1. The maximum Gasteiger partial charge on any atom is 0.241 e. The Morgan fingerprint density at radius 2 is 1.76 bits per heavy atom. The molecular weight excluding hydrogens is 416 g/mol. The van der Waals surface area contributed by atoms with Crippen molar-refractivity contribution in [1.82, 2.24) is 10.2 Å². The van der Waals surface area contributed by atoms with E-state index < -0.39 is 5.41 Å². The second-order valence-corrected chi connectivity index (χ2v) is 9.29. The second kappa shape index (κ2) is 9.77. The predicted octanol–water partition coefficient (Wildman–Crippen LogP) is 3.94. The zero-order chi connectivity index (χ0) is 23.4. The van der Waals surface area contributed by atoms with Crippen molar-refractivity contribution in [2.45, 2.75) is 62.8 Å². The monoisotopic (exact) mass is 448 g/mol. The topological polar surface area (TPSA) is 75.7 Å². The number of hydrogen-bond acceptors (Lipinski definition) is 4. The summed E-state index contributed by atoms with van der Waals surface area (Å²) in [6.45, 7) is 2.52. The summed E-state index contributed by atoms with van der Waals surface area (Å²) < 4.78 is 5.26. The fraction of sp³-hybridized carbons (Fsp3) is 0.444. The quantitative estimate of drug-likeness (QED) is 0.621. The van der Waals surface area contributed by atoms with Crippen LogP contribution < -0.4 is 10.1 Å². The number of likely N-dealkylation sites (tertiary alicyclic amines) is 1. The van der Waals surface area contributed by atoms with E-state index in [1.165, 1.54) is 4.90 Å². The highest BCUT2D eigenvalue weighted by Gasteiger charge is 2.55. The molecule has 33 heavy (non-hydrogen) atoms. The van der Waals surface area contributed by atoms with Crippen molar-refractivity contribution in [2.24, 2.45) is 0 Å². The lowest BCUT2D eigenvalue weighted by Gasteiger charge is -2.29. The summed E-state index contributed by atoms with van der Waals surface area (Å²) in [4.78, 5) is 41.4. The Morgan fingerprint density at radius 1 is 1.09 bits per heavy atom. The highest BCUT2D eigenvalue weighted by atomic mass is 16.5. The smallest absolute Gasteiger partial charge is 0.241 e. The molecular formula is C27H32N2O4. The maximum atomic E-state index is 13.8. The van der Waals surface area contributed by atoms with Crippen molar-refractivity contribution in [2.75, 3.05) is 13.7 Å². The number of ether oxygens (including phenoxy) is 1. The van der Waals surface area contributed by atoms with Crippen LogP contribution in [0.3, 0.4) is 0 Å². The van der Waals surface area contributed by atoms with Crippen LogP contribution in [0.15, 0.2) is 54.6 Å². The van der Waals surface area contributed by atoms with Crippen molar-refractivity contribution in [3.8, 4) is 5.75 Å². The molecule has 0 spiro atoms. The molecule has 4 rings (SSSR count). The van der Waals surface area contributed by atoms with Gasteiger partial charge in [0.25, 0.3) is 0 Å². The van der Waals surface area contributed by atoms with E-state index in [9.17, 15) is 14.4 Å². The zero-order valence-electron chi connectivity index (χ0n) is 19.4. The predicted molar refractivity (Wildman–Crippen MR) is 126 cm³/mol. The van der Waals surface area contributed by atoms with E-state index in [0.717, 1.165) is 31.2 Å². The summed E-state index contributed by atoms with van der Waals surface area (Å²) in [7, 11) is 1.58. The van der Waals surface area contributed by atoms with E-state index in [1.807, 2.05) is 42.5 Å². The van der Waals surface area contributed by atoms with Crippen molar-refractivity contribution in [3.63, 3.8) is 0 Å². The van der Waals surface area contributed by atoms with Crippen molar-refractivity contribution >= 4 is 17.7 Å². The lowest BCUT2D eigenvalue weighted by Crippen LogP contribution is -2.45. The van der Waals surface area contributed by atoms with Gasteiger partial charge in [-0.3, -0.25) is 19.3 Å². The zero-order valence-corrected chi connectivity index (χ0v) is 19.4. The number of carbonyl (C=O) groups is 3. The summed E-state index contributed by atoms with van der Waals surface area (Å²) in [5.74, 6) is 0.175. The van der Waals surface area contributed by atoms with Crippen LogP contribution in [0.2, 0.25) is 0 Å². The molecule has 1 aliphatic carbocycles. The first-order valence-corrected chi connectivity index (χ1v) is 11.8. The molecule has 1 aliphatic heterocycles. The molecule has 0 aromatic heterocycles. The van der Waals surface area contributed by atoms with Crippen LogP contribution in [0.4, 0.5) is 0 Å². The van der Waals surface area contributed by atoms with E-state index in [4.69, 9.17) is 4.74 Å².